The molecule has 0 atom stereocenters. The minimum Gasteiger partial charge on any atom is -0.492 e. The molecule has 2 aromatic heterocycles. The van der Waals surface area contributed by atoms with Crippen molar-refractivity contribution in [2.24, 2.45) is 17.8 Å². The third-order valence-electron chi connectivity index (χ3n) is 7.81. The van der Waals surface area contributed by atoms with Crippen LogP contribution in [-0.4, -0.2) is 57.2 Å². The lowest BCUT2D eigenvalue weighted by Gasteiger charge is -2.31. The number of esters is 1. The molecule has 1 aliphatic heterocycles. The summed E-state index contributed by atoms with van der Waals surface area (Å²) in [4.78, 5) is 18.5. The van der Waals surface area contributed by atoms with Gasteiger partial charge in [-0.25, -0.2) is 9.18 Å². The van der Waals surface area contributed by atoms with E-state index in [0.29, 0.717) is 52.2 Å². The first-order chi connectivity index (χ1) is 20.7. The molecule has 1 aliphatic rings. The summed E-state index contributed by atoms with van der Waals surface area (Å²) in [5.41, 5.74) is 3.11. The minimum atomic E-state index is -0.489. The van der Waals surface area contributed by atoms with Crippen LogP contribution in [-0.2, 0) is 17.8 Å². The van der Waals surface area contributed by atoms with E-state index in [2.05, 4.69) is 40.1 Å². The maximum Gasteiger partial charge on any atom is 0.355 e. The van der Waals surface area contributed by atoms with Gasteiger partial charge in [0.1, 0.15) is 23.0 Å². The summed E-state index contributed by atoms with van der Waals surface area (Å²) in [6, 6.07) is 10.5. The van der Waals surface area contributed by atoms with Crippen molar-refractivity contribution in [3.05, 3.63) is 64.7 Å². The number of nitrogens with one attached hydrogen (secondary N) is 1. The van der Waals surface area contributed by atoms with E-state index in [-0.39, 0.29) is 17.4 Å². The molecule has 5 rings (SSSR count). The molecule has 43 heavy (non-hydrogen) atoms. The van der Waals surface area contributed by atoms with E-state index in [9.17, 15) is 9.18 Å². The average Bonchev–Trinajstić information content (AvgIpc) is 3.57. The first-order valence-corrected chi connectivity index (χ1v) is 15.6. The van der Waals surface area contributed by atoms with Crippen LogP contribution in [0.4, 0.5) is 4.39 Å². The largest absolute Gasteiger partial charge is 0.492 e. The zero-order chi connectivity index (χ0) is 30.5. The number of benzene rings is 2. The van der Waals surface area contributed by atoms with Crippen molar-refractivity contribution in [1.29, 1.82) is 0 Å². The third kappa shape index (κ3) is 7.95. The van der Waals surface area contributed by atoms with Crippen molar-refractivity contribution >= 4 is 28.5 Å². The third-order valence-corrected chi connectivity index (χ3v) is 8.11. The van der Waals surface area contributed by atoms with Crippen LogP contribution >= 0.6 is 11.6 Å². The maximum absolute atomic E-state index is 14.2. The summed E-state index contributed by atoms with van der Waals surface area (Å²) in [6.45, 7) is 12.8. The van der Waals surface area contributed by atoms with Crippen LogP contribution in [0.2, 0.25) is 5.02 Å². The first-order valence-electron chi connectivity index (χ1n) is 15.2. The Hall–Kier alpha value is -3.43. The van der Waals surface area contributed by atoms with Gasteiger partial charge in [-0.05, 0) is 86.0 Å². The lowest BCUT2D eigenvalue weighted by molar-refractivity contribution is 0.0454. The topological polar surface area (TPSA) is 85.3 Å². The highest BCUT2D eigenvalue weighted by molar-refractivity contribution is 6.32. The van der Waals surface area contributed by atoms with E-state index in [1.165, 1.54) is 17.7 Å². The Labute approximate surface area is 257 Å². The van der Waals surface area contributed by atoms with Crippen LogP contribution in [0.25, 0.3) is 22.2 Å². The monoisotopic (exact) mass is 609 g/mol. The highest BCUT2D eigenvalue weighted by atomic mass is 35.5. The van der Waals surface area contributed by atoms with Crippen LogP contribution in [0.1, 0.15) is 63.0 Å². The number of fused-ring (bicyclic) bond motifs is 1. The minimum absolute atomic E-state index is 0.193. The van der Waals surface area contributed by atoms with Crippen LogP contribution in [0.3, 0.4) is 0 Å². The molecule has 8 nitrogen and oxygen atoms in total. The Morgan fingerprint density at radius 3 is 2.63 bits per heavy atom. The molecule has 0 saturated carbocycles. The van der Waals surface area contributed by atoms with Crippen LogP contribution in [0.5, 0.6) is 5.75 Å². The van der Waals surface area contributed by atoms with Gasteiger partial charge in [0.05, 0.1) is 24.4 Å². The van der Waals surface area contributed by atoms with Crippen LogP contribution < -0.4 is 4.74 Å². The molecule has 4 aromatic rings. The standard InChI is InChI=1S/C33H41ClFN5O3/c1-21(2)11-14-42-30-8-5-24(15-27(30)34)17-39-12-9-23(10-13-39)18-40-19-29(37-38-40)31-26-16-25(35)6-7-28(26)36-32(31)33(41)43-20-22(3)4/h5-8,15-16,19,21-23,36H,9-14,17-18,20H2,1-4H3. The molecule has 1 N–H and O–H groups in total. The predicted molar refractivity (Wildman–Crippen MR) is 167 cm³/mol. The van der Waals surface area contributed by atoms with Gasteiger partial charge in [0.15, 0.2) is 0 Å². The first kappa shape index (κ1) is 31.0. The Balaban J connectivity index is 1.20. The normalized spacial score (nSPS) is 14.7. The molecule has 0 amide bonds. The number of likely N-dealkylation sites (tertiary alicyclic amines) is 1. The second-order valence-electron chi connectivity index (χ2n) is 12.4. The van der Waals surface area contributed by atoms with Gasteiger partial charge in [-0.15, -0.1) is 5.10 Å². The van der Waals surface area contributed by atoms with E-state index >= 15 is 0 Å². The zero-order valence-electron chi connectivity index (χ0n) is 25.4. The molecule has 1 saturated heterocycles. The number of hydrogen-bond donors (Lipinski definition) is 1. The number of H-pyrrole nitrogens is 1. The average molecular weight is 610 g/mol. The number of aromatic nitrogens is 4. The molecule has 0 spiro atoms. The molecule has 3 heterocycles. The Bertz CT molecular complexity index is 1540. The number of piperidine rings is 1. The number of carbonyl (C=O) groups is 1. The summed E-state index contributed by atoms with van der Waals surface area (Å²) in [6.07, 6.45) is 4.90. The van der Waals surface area contributed by atoms with Gasteiger partial charge in [-0.3, -0.25) is 9.58 Å². The second-order valence-corrected chi connectivity index (χ2v) is 12.8. The van der Waals surface area contributed by atoms with E-state index in [4.69, 9.17) is 21.1 Å². The Kier molecular flexibility index (Phi) is 10.0. The van der Waals surface area contributed by atoms with Crippen molar-refractivity contribution in [3.8, 4) is 17.0 Å². The molecular weight excluding hydrogens is 569 g/mol. The zero-order valence-corrected chi connectivity index (χ0v) is 26.2. The van der Waals surface area contributed by atoms with E-state index in [0.717, 1.165) is 51.2 Å². The highest BCUT2D eigenvalue weighted by Gasteiger charge is 2.25. The molecule has 2 aromatic carbocycles. The number of rotatable bonds is 12. The summed E-state index contributed by atoms with van der Waals surface area (Å²) >= 11 is 6.50. The number of carbonyl (C=O) groups excluding carboxylic acids is 1. The van der Waals surface area contributed by atoms with Crippen molar-refractivity contribution in [1.82, 2.24) is 24.9 Å². The van der Waals surface area contributed by atoms with Gasteiger partial charge in [-0.2, -0.15) is 0 Å². The number of halogens is 2. The van der Waals surface area contributed by atoms with Crippen LogP contribution in [0, 0.1) is 23.6 Å². The quantitative estimate of drug-likeness (QED) is 0.169. The molecule has 230 valence electrons. The molecule has 1 fully saturated rings. The molecule has 0 bridgehead atoms. The fourth-order valence-electron chi connectivity index (χ4n) is 5.41. The van der Waals surface area contributed by atoms with Gasteiger partial charge in [0.25, 0.3) is 0 Å². The SMILES string of the molecule is CC(C)CCOc1ccc(CN2CCC(Cn3cc(-c4c(C(=O)OCC(C)C)[nH]c5ccc(F)cc45)nn3)CC2)cc1Cl. The lowest BCUT2D eigenvalue weighted by atomic mass is 9.96. The molecule has 0 aliphatic carbocycles. The van der Waals surface area contributed by atoms with E-state index in [1.807, 2.05) is 36.9 Å². The summed E-state index contributed by atoms with van der Waals surface area (Å²) in [5, 5.41) is 9.99. The van der Waals surface area contributed by atoms with Gasteiger partial charge in [0.2, 0.25) is 0 Å². The van der Waals surface area contributed by atoms with Crippen molar-refractivity contribution in [2.75, 3.05) is 26.3 Å². The van der Waals surface area contributed by atoms with Crippen molar-refractivity contribution in [3.63, 3.8) is 0 Å². The van der Waals surface area contributed by atoms with Crippen molar-refractivity contribution in [2.45, 2.75) is 60.0 Å². The van der Waals surface area contributed by atoms with Gasteiger partial charge < -0.3 is 14.5 Å². The van der Waals surface area contributed by atoms with E-state index < -0.39 is 5.97 Å². The summed E-state index contributed by atoms with van der Waals surface area (Å²) in [5.74, 6) is 1.10. The molecule has 0 unspecified atom stereocenters. The second kappa shape index (κ2) is 13.9. The molecule has 0 radical (unpaired) electrons. The number of ether oxygens (including phenoxy) is 2. The van der Waals surface area contributed by atoms with Gasteiger partial charge >= 0.3 is 5.97 Å². The Morgan fingerprint density at radius 1 is 1.12 bits per heavy atom. The molecule has 10 heteroatoms. The predicted octanol–water partition coefficient (Wildman–Crippen LogP) is 7.37. The smallest absolute Gasteiger partial charge is 0.355 e. The van der Waals surface area contributed by atoms with Gasteiger partial charge in [-0.1, -0.05) is 50.6 Å². The number of nitrogens with zero attached hydrogens (tertiary/aromatic N) is 4. The van der Waals surface area contributed by atoms with Crippen molar-refractivity contribution < 1.29 is 18.7 Å². The Morgan fingerprint density at radius 2 is 1.91 bits per heavy atom. The fraction of sp³-hybridized carbons (Fsp3) is 0.485. The van der Waals surface area contributed by atoms with Crippen LogP contribution in [0.15, 0.2) is 42.6 Å². The number of hydrogen-bond acceptors (Lipinski definition) is 6. The molecular formula is C33H41ClFN5O3. The summed E-state index contributed by atoms with van der Waals surface area (Å²) < 4.78 is 27.4. The summed E-state index contributed by atoms with van der Waals surface area (Å²) in [7, 11) is 0. The highest BCUT2D eigenvalue weighted by Crippen LogP contribution is 2.33. The van der Waals surface area contributed by atoms with E-state index in [1.54, 1.807) is 6.07 Å². The number of aromatic amines is 1. The fourth-order valence-corrected chi connectivity index (χ4v) is 5.67. The maximum atomic E-state index is 14.2. The lowest BCUT2D eigenvalue weighted by Crippen LogP contribution is -2.34. The van der Waals surface area contributed by atoms with Gasteiger partial charge in [0, 0.05) is 29.6 Å².